The highest BCUT2D eigenvalue weighted by Gasteiger charge is 2.37. The number of nitrogens with one attached hydrogen (secondary N) is 1. The van der Waals surface area contributed by atoms with Gasteiger partial charge in [0.2, 0.25) is 11.8 Å². The molecule has 6 nitrogen and oxygen atoms in total. The van der Waals surface area contributed by atoms with E-state index in [1.165, 1.54) is 0 Å². The minimum atomic E-state index is -0.526. The average molecular weight is 317 g/mol. The lowest BCUT2D eigenvalue weighted by atomic mass is 10.1. The van der Waals surface area contributed by atoms with Gasteiger partial charge in [0.1, 0.15) is 12.6 Å². The Balaban J connectivity index is 1.74. The van der Waals surface area contributed by atoms with Crippen molar-refractivity contribution in [1.82, 2.24) is 15.1 Å². The van der Waals surface area contributed by atoms with Gasteiger partial charge in [-0.1, -0.05) is 30.3 Å². The molecule has 6 heteroatoms. The van der Waals surface area contributed by atoms with Crippen LogP contribution in [0.5, 0.6) is 0 Å². The Labute approximate surface area is 136 Å². The SMILES string of the molecule is CC1CN(C(=O)[C@H]2COCC(=O)N2Cc2ccccc2)CCN1. The summed E-state index contributed by atoms with van der Waals surface area (Å²) in [6.45, 7) is 4.96. The van der Waals surface area contributed by atoms with Crippen LogP contribution in [0, 0.1) is 0 Å². The first-order valence-electron chi connectivity index (χ1n) is 8.08. The van der Waals surface area contributed by atoms with Crippen LogP contribution in [0.4, 0.5) is 0 Å². The van der Waals surface area contributed by atoms with Gasteiger partial charge in [-0.2, -0.15) is 0 Å². The zero-order valence-corrected chi connectivity index (χ0v) is 13.4. The molecule has 2 amide bonds. The minimum Gasteiger partial charge on any atom is -0.369 e. The maximum absolute atomic E-state index is 12.9. The average Bonchev–Trinajstić information content (AvgIpc) is 2.57. The van der Waals surface area contributed by atoms with Gasteiger partial charge < -0.3 is 19.9 Å². The number of hydrogen-bond acceptors (Lipinski definition) is 4. The van der Waals surface area contributed by atoms with Crippen molar-refractivity contribution >= 4 is 11.8 Å². The fourth-order valence-corrected chi connectivity index (χ4v) is 3.13. The predicted molar refractivity (Wildman–Crippen MR) is 85.6 cm³/mol. The first-order valence-corrected chi connectivity index (χ1v) is 8.08. The van der Waals surface area contributed by atoms with Crippen LogP contribution in [0.1, 0.15) is 12.5 Å². The lowest BCUT2D eigenvalue weighted by Gasteiger charge is -2.40. The van der Waals surface area contributed by atoms with Gasteiger partial charge in [-0.15, -0.1) is 0 Å². The molecule has 0 aliphatic carbocycles. The smallest absolute Gasteiger partial charge is 0.249 e. The second-order valence-corrected chi connectivity index (χ2v) is 6.18. The van der Waals surface area contributed by atoms with Gasteiger partial charge in [-0.05, 0) is 12.5 Å². The monoisotopic (exact) mass is 317 g/mol. The summed E-state index contributed by atoms with van der Waals surface area (Å²) in [7, 11) is 0. The highest BCUT2D eigenvalue weighted by atomic mass is 16.5. The molecule has 124 valence electrons. The van der Waals surface area contributed by atoms with E-state index in [1.807, 2.05) is 35.2 Å². The Kier molecular flexibility index (Phi) is 4.93. The number of hydrogen-bond donors (Lipinski definition) is 1. The lowest BCUT2D eigenvalue weighted by molar-refractivity contribution is -0.160. The summed E-state index contributed by atoms with van der Waals surface area (Å²) in [5.74, 6) is -0.135. The van der Waals surface area contributed by atoms with E-state index in [4.69, 9.17) is 4.74 Å². The van der Waals surface area contributed by atoms with E-state index in [2.05, 4.69) is 12.2 Å². The molecule has 2 aliphatic heterocycles. The molecule has 2 fully saturated rings. The van der Waals surface area contributed by atoms with E-state index in [9.17, 15) is 9.59 Å². The normalized spacial score (nSPS) is 25.5. The van der Waals surface area contributed by atoms with Crippen LogP contribution in [0.3, 0.4) is 0 Å². The number of carbonyl (C=O) groups excluding carboxylic acids is 2. The summed E-state index contributed by atoms with van der Waals surface area (Å²) in [6.07, 6.45) is 0. The molecule has 2 heterocycles. The summed E-state index contributed by atoms with van der Waals surface area (Å²) in [6, 6.07) is 9.51. The van der Waals surface area contributed by atoms with Crippen LogP contribution in [-0.2, 0) is 20.9 Å². The number of benzene rings is 1. The first-order chi connectivity index (χ1) is 11.1. The molecule has 1 unspecified atom stereocenters. The van der Waals surface area contributed by atoms with Gasteiger partial charge in [0.25, 0.3) is 0 Å². The lowest BCUT2D eigenvalue weighted by Crippen LogP contribution is -2.60. The molecule has 0 radical (unpaired) electrons. The van der Waals surface area contributed by atoms with E-state index in [0.717, 1.165) is 12.1 Å². The van der Waals surface area contributed by atoms with Gasteiger partial charge >= 0.3 is 0 Å². The van der Waals surface area contributed by atoms with E-state index in [1.54, 1.807) is 4.90 Å². The van der Waals surface area contributed by atoms with E-state index < -0.39 is 6.04 Å². The zero-order chi connectivity index (χ0) is 16.2. The first kappa shape index (κ1) is 16.0. The standard InChI is InChI=1S/C17H23N3O3/c1-13-9-19(8-7-18-13)17(22)15-11-23-12-16(21)20(15)10-14-5-3-2-4-6-14/h2-6,13,15,18H,7-12H2,1H3/t13?,15-/m1/s1. The van der Waals surface area contributed by atoms with Crippen LogP contribution in [0.15, 0.2) is 30.3 Å². The van der Waals surface area contributed by atoms with Gasteiger partial charge in [0, 0.05) is 32.2 Å². The summed E-state index contributed by atoms with van der Waals surface area (Å²) in [5.41, 5.74) is 1.02. The van der Waals surface area contributed by atoms with E-state index in [0.29, 0.717) is 19.6 Å². The van der Waals surface area contributed by atoms with Crippen molar-refractivity contribution in [2.24, 2.45) is 0 Å². The molecule has 0 aromatic heterocycles. The molecule has 1 N–H and O–H groups in total. The van der Waals surface area contributed by atoms with Crippen LogP contribution in [0.25, 0.3) is 0 Å². The molecule has 1 aromatic carbocycles. The number of morpholine rings is 1. The number of nitrogens with zero attached hydrogens (tertiary/aromatic N) is 2. The largest absolute Gasteiger partial charge is 0.369 e. The quantitative estimate of drug-likeness (QED) is 0.867. The van der Waals surface area contributed by atoms with Crippen molar-refractivity contribution in [2.45, 2.75) is 25.6 Å². The number of piperazine rings is 1. The predicted octanol–water partition coefficient (Wildman–Crippen LogP) is 0.234. The molecule has 2 aliphatic rings. The third kappa shape index (κ3) is 3.71. The topological polar surface area (TPSA) is 61.9 Å². The second kappa shape index (κ2) is 7.10. The molecule has 0 spiro atoms. The Bertz CT molecular complexity index is 563. The van der Waals surface area contributed by atoms with Crippen LogP contribution in [-0.4, -0.2) is 66.5 Å². The fraction of sp³-hybridized carbons (Fsp3) is 0.529. The van der Waals surface area contributed by atoms with Gasteiger partial charge in [-0.3, -0.25) is 9.59 Å². The fourth-order valence-electron chi connectivity index (χ4n) is 3.13. The minimum absolute atomic E-state index is 0.0117. The number of carbonyl (C=O) groups is 2. The van der Waals surface area contributed by atoms with Crippen molar-refractivity contribution in [3.05, 3.63) is 35.9 Å². The summed E-state index contributed by atoms with van der Waals surface area (Å²) in [4.78, 5) is 28.6. The molecule has 2 saturated heterocycles. The van der Waals surface area contributed by atoms with Gasteiger partial charge in [0.15, 0.2) is 0 Å². The van der Waals surface area contributed by atoms with Crippen molar-refractivity contribution in [2.75, 3.05) is 32.8 Å². The molecule has 0 bridgehead atoms. The number of amides is 2. The highest BCUT2D eigenvalue weighted by molar-refractivity contribution is 5.89. The number of rotatable bonds is 3. The van der Waals surface area contributed by atoms with Gasteiger partial charge in [0.05, 0.1) is 6.61 Å². The summed E-state index contributed by atoms with van der Waals surface area (Å²) in [5, 5.41) is 3.32. The Morgan fingerprint density at radius 1 is 1.35 bits per heavy atom. The third-order valence-electron chi connectivity index (χ3n) is 4.36. The Hall–Kier alpha value is -1.92. The van der Waals surface area contributed by atoms with Crippen LogP contribution >= 0.6 is 0 Å². The summed E-state index contributed by atoms with van der Waals surface area (Å²) >= 11 is 0. The molecular formula is C17H23N3O3. The molecule has 2 atom stereocenters. The van der Waals surface area contributed by atoms with E-state index >= 15 is 0 Å². The number of ether oxygens (including phenoxy) is 1. The van der Waals surface area contributed by atoms with Crippen molar-refractivity contribution in [1.29, 1.82) is 0 Å². The third-order valence-corrected chi connectivity index (χ3v) is 4.36. The molecule has 23 heavy (non-hydrogen) atoms. The molecular weight excluding hydrogens is 294 g/mol. The van der Waals surface area contributed by atoms with Crippen molar-refractivity contribution in [3.8, 4) is 0 Å². The maximum atomic E-state index is 12.9. The molecule has 3 rings (SSSR count). The molecule has 1 aromatic rings. The summed E-state index contributed by atoms with van der Waals surface area (Å²) < 4.78 is 5.35. The van der Waals surface area contributed by atoms with Crippen LogP contribution in [0.2, 0.25) is 0 Å². The van der Waals surface area contributed by atoms with Gasteiger partial charge in [-0.25, -0.2) is 0 Å². The highest BCUT2D eigenvalue weighted by Crippen LogP contribution is 2.16. The van der Waals surface area contributed by atoms with E-state index in [-0.39, 0.29) is 31.1 Å². The van der Waals surface area contributed by atoms with Crippen molar-refractivity contribution < 1.29 is 14.3 Å². The molecule has 0 saturated carbocycles. The second-order valence-electron chi connectivity index (χ2n) is 6.18. The Morgan fingerprint density at radius 2 is 2.13 bits per heavy atom. The Morgan fingerprint density at radius 3 is 2.87 bits per heavy atom. The zero-order valence-electron chi connectivity index (χ0n) is 13.4. The maximum Gasteiger partial charge on any atom is 0.249 e. The van der Waals surface area contributed by atoms with Crippen molar-refractivity contribution in [3.63, 3.8) is 0 Å². The van der Waals surface area contributed by atoms with Crippen LogP contribution < -0.4 is 5.32 Å².